The van der Waals surface area contributed by atoms with E-state index >= 15 is 0 Å². The predicted molar refractivity (Wildman–Crippen MR) is 83.8 cm³/mol. The fraction of sp³-hybridized carbons (Fsp3) is 0.647. The molecule has 1 N–H and O–H groups in total. The summed E-state index contributed by atoms with van der Waals surface area (Å²) in [5.74, 6) is 0.112. The fourth-order valence-corrected chi connectivity index (χ4v) is 3.12. The molecule has 1 heterocycles. The molecule has 1 aliphatic rings. The molecule has 0 aromatic carbocycles. The quantitative estimate of drug-likeness (QED) is 0.833. The lowest BCUT2D eigenvalue weighted by molar-refractivity contribution is -0.146. The van der Waals surface area contributed by atoms with Crippen LogP contribution in [0.5, 0.6) is 0 Å². The molecule has 0 bridgehead atoms. The monoisotopic (exact) mass is 323 g/mol. The van der Waals surface area contributed by atoms with E-state index in [1.54, 1.807) is 12.0 Å². The van der Waals surface area contributed by atoms with Crippen molar-refractivity contribution < 1.29 is 23.8 Å². The molecule has 2 atom stereocenters. The Labute approximate surface area is 136 Å². The van der Waals surface area contributed by atoms with E-state index in [1.807, 2.05) is 19.1 Å². The third-order valence-corrected chi connectivity index (χ3v) is 4.39. The van der Waals surface area contributed by atoms with Gasteiger partial charge in [0.2, 0.25) is 5.91 Å². The first-order chi connectivity index (χ1) is 11.0. The zero-order valence-corrected chi connectivity index (χ0v) is 13.8. The molecular weight excluding hydrogens is 298 g/mol. The molecule has 2 unspecified atom stereocenters. The maximum atomic E-state index is 12.8. The van der Waals surface area contributed by atoms with Gasteiger partial charge in [0.15, 0.2) is 0 Å². The summed E-state index contributed by atoms with van der Waals surface area (Å²) in [4.78, 5) is 25.7. The van der Waals surface area contributed by atoms with Gasteiger partial charge in [0.1, 0.15) is 11.5 Å². The first-order valence-corrected chi connectivity index (χ1v) is 8.07. The van der Waals surface area contributed by atoms with Crippen molar-refractivity contribution in [2.45, 2.75) is 39.2 Å². The summed E-state index contributed by atoms with van der Waals surface area (Å²) in [6.45, 7) is 3.18. The lowest BCUT2D eigenvalue weighted by Gasteiger charge is -2.31. The summed E-state index contributed by atoms with van der Waals surface area (Å²) in [7, 11) is 1.60. The minimum absolute atomic E-state index is 0.00190. The van der Waals surface area contributed by atoms with Gasteiger partial charge in [0.05, 0.1) is 19.1 Å². The lowest BCUT2D eigenvalue weighted by atomic mass is 9.80. The molecule has 2 rings (SSSR count). The topological polar surface area (TPSA) is 80.0 Å². The van der Waals surface area contributed by atoms with Gasteiger partial charge < -0.3 is 19.2 Å². The molecule has 1 aliphatic carbocycles. The summed E-state index contributed by atoms with van der Waals surface area (Å²) >= 11 is 0. The fourth-order valence-electron chi connectivity index (χ4n) is 3.12. The van der Waals surface area contributed by atoms with Crippen LogP contribution < -0.4 is 0 Å². The highest BCUT2D eigenvalue weighted by Gasteiger charge is 2.33. The van der Waals surface area contributed by atoms with Crippen LogP contribution >= 0.6 is 0 Å². The number of furan rings is 1. The number of aliphatic carboxylic acids is 1. The van der Waals surface area contributed by atoms with Crippen molar-refractivity contribution in [3.05, 3.63) is 23.7 Å². The number of amides is 1. The average molecular weight is 323 g/mol. The predicted octanol–water partition coefficient (Wildman–Crippen LogP) is 2.45. The molecule has 23 heavy (non-hydrogen) atoms. The number of hydrogen-bond donors (Lipinski definition) is 1. The first kappa shape index (κ1) is 17.5. The summed E-state index contributed by atoms with van der Waals surface area (Å²) in [5, 5.41) is 9.20. The molecule has 1 aromatic heterocycles. The zero-order valence-electron chi connectivity index (χ0n) is 13.8. The minimum Gasteiger partial charge on any atom is -0.481 e. The third kappa shape index (κ3) is 4.82. The summed E-state index contributed by atoms with van der Waals surface area (Å²) in [6.07, 6.45) is 2.62. The van der Waals surface area contributed by atoms with E-state index in [-0.39, 0.29) is 11.8 Å². The van der Waals surface area contributed by atoms with Gasteiger partial charge in [-0.1, -0.05) is 6.42 Å². The molecule has 1 amide bonds. The van der Waals surface area contributed by atoms with Gasteiger partial charge in [-0.2, -0.15) is 0 Å². The number of carboxylic acids is 1. The van der Waals surface area contributed by atoms with Gasteiger partial charge in [-0.25, -0.2) is 0 Å². The summed E-state index contributed by atoms with van der Waals surface area (Å²) < 4.78 is 10.7. The van der Waals surface area contributed by atoms with Crippen molar-refractivity contribution in [1.29, 1.82) is 0 Å². The second kappa shape index (κ2) is 8.15. The van der Waals surface area contributed by atoms with Crippen LogP contribution in [0, 0.1) is 18.8 Å². The van der Waals surface area contributed by atoms with Crippen LogP contribution in [-0.4, -0.2) is 42.1 Å². The molecule has 1 fully saturated rings. The number of carbonyl (C=O) groups excluding carboxylic acids is 1. The Morgan fingerprint density at radius 2 is 2.09 bits per heavy atom. The minimum atomic E-state index is -0.799. The van der Waals surface area contributed by atoms with Crippen molar-refractivity contribution >= 4 is 11.9 Å². The molecule has 0 saturated heterocycles. The van der Waals surface area contributed by atoms with E-state index in [4.69, 9.17) is 9.15 Å². The van der Waals surface area contributed by atoms with E-state index in [0.29, 0.717) is 32.5 Å². The molecule has 0 spiro atoms. The number of nitrogens with zero attached hydrogens (tertiary/aromatic N) is 1. The van der Waals surface area contributed by atoms with Crippen molar-refractivity contribution in [3.63, 3.8) is 0 Å². The van der Waals surface area contributed by atoms with Crippen molar-refractivity contribution in [3.8, 4) is 0 Å². The number of hydrogen-bond acceptors (Lipinski definition) is 4. The van der Waals surface area contributed by atoms with Crippen LogP contribution in [0.2, 0.25) is 0 Å². The van der Waals surface area contributed by atoms with Gasteiger partial charge in [-0.15, -0.1) is 0 Å². The Balaban J connectivity index is 2.04. The van der Waals surface area contributed by atoms with Gasteiger partial charge in [0, 0.05) is 19.6 Å². The van der Waals surface area contributed by atoms with Crippen LogP contribution in [0.25, 0.3) is 0 Å². The molecule has 6 heteroatoms. The van der Waals surface area contributed by atoms with Crippen LogP contribution in [0.4, 0.5) is 0 Å². The molecule has 1 aromatic rings. The van der Waals surface area contributed by atoms with E-state index in [1.165, 1.54) is 0 Å². The largest absolute Gasteiger partial charge is 0.481 e. The van der Waals surface area contributed by atoms with E-state index in [0.717, 1.165) is 24.4 Å². The Morgan fingerprint density at radius 3 is 2.70 bits per heavy atom. The number of ether oxygens (including phenoxy) is 1. The lowest BCUT2D eigenvalue weighted by Crippen LogP contribution is -2.40. The van der Waals surface area contributed by atoms with Crippen LogP contribution in [0.3, 0.4) is 0 Å². The highest BCUT2D eigenvalue weighted by atomic mass is 16.5. The van der Waals surface area contributed by atoms with Crippen LogP contribution in [0.15, 0.2) is 16.5 Å². The van der Waals surface area contributed by atoms with Crippen LogP contribution in [0.1, 0.15) is 37.2 Å². The maximum Gasteiger partial charge on any atom is 0.306 e. The highest BCUT2D eigenvalue weighted by molar-refractivity contribution is 5.80. The molecule has 128 valence electrons. The van der Waals surface area contributed by atoms with E-state index < -0.39 is 11.9 Å². The van der Waals surface area contributed by atoms with E-state index in [2.05, 4.69) is 0 Å². The smallest absolute Gasteiger partial charge is 0.306 e. The molecule has 0 radical (unpaired) electrons. The first-order valence-electron chi connectivity index (χ1n) is 8.07. The van der Waals surface area contributed by atoms with Crippen molar-refractivity contribution in [1.82, 2.24) is 4.90 Å². The Morgan fingerprint density at radius 1 is 1.35 bits per heavy atom. The Hall–Kier alpha value is -1.82. The Bertz CT molecular complexity index is 539. The van der Waals surface area contributed by atoms with Gasteiger partial charge >= 0.3 is 5.97 Å². The number of aryl methyl sites for hydroxylation is 1. The average Bonchev–Trinajstić information content (AvgIpc) is 2.96. The molecule has 6 nitrogen and oxygen atoms in total. The second-order valence-electron chi connectivity index (χ2n) is 6.16. The van der Waals surface area contributed by atoms with Crippen LogP contribution in [-0.2, 0) is 20.9 Å². The number of methoxy groups -OCH3 is 1. The van der Waals surface area contributed by atoms with Gasteiger partial charge in [-0.3, -0.25) is 9.59 Å². The maximum absolute atomic E-state index is 12.8. The zero-order chi connectivity index (χ0) is 16.8. The number of rotatable bonds is 7. The Kier molecular flexibility index (Phi) is 6.21. The summed E-state index contributed by atoms with van der Waals surface area (Å²) in [5.41, 5.74) is 0. The molecule has 1 saturated carbocycles. The van der Waals surface area contributed by atoms with Gasteiger partial charge in [-0.05, 0) is 38.3 Å². The third-order valence-electron chi connectivity index (χ3n) is 4.39. The van der Waals surface area contributed by atoms with Crippen molar-refractivity contribution in [2.75, 3.05) is 20.3 Å². The standard InChI is InChI=1S/C17H25NO5/c1-12-6-7-15(23-12)11-18(8-9-22-2)16(19)13-4-3-5-14(10-13)17(20)21/h6-7,13-14H,3-5,8-11H2,1-2H3,(H,20,21). The van der Waals surface area contributed by atoms with E-state index in [9.17, 15) is 14.7 Å². The number of carbonyl (C=O) groups is 2. The highest BCUT2D eigenvalue weighted by Crippen LogP contribution is 2.31. The van der Waals surface area contributed by atoms with Gasteiger partial charge in [0.25, 0.3) is 0 Å². The van der Waals surface area contributed by atoms with Crippen molar-refractivity contribution in [2.24, 2.45) is 11.8 Å². The SMILES string of the molecule is COCCN(Cc1ccc(C)o1)C(=O)C1CCCC(C(=O)O)C1. The number of carboxylic acid groups (broad SMARTS) is 1. The normalized spacial score (nSPS) is 21.1. The molecular formula is C17H25NO5. The molecule has 0 aliphatic heterocycles. The summed E-state index contributed by atoms with van der Waals surface area (Å²) in [6, 6.07) is 3.73. The second-order valence-corrected chi connectivity index (χ2v) is 6.16.